The third-order valence-corrected chi connectivity index (χ3v) is 4.00. The van der Waals surface area contributed by atoms with Crippen molar-refractivity contribution >= 4 is 11.8 Å². The largest absolute Gasteiger partial charge is 0.340 e. The lowest BCUT2D eigenvalue weighted by molar-refractivity contribution is -0.129. The second-order valence-corrected chi connectivity index (χ2v) is 5.62. The van der Waals surface area contributed by atoms with Gasteiger partial charge in [-0.3, -0.25) is 14.6 Å². The standard InChI is InChI=1S/C18H16N4O2/c19-11-13-1-3-14(4-2-13)12-22-10-7-16(18(22)24)21-17(23)15-5-8-20-9-6-15/h1-6,8-9,16H,7,10,12H2,(H,21,23)/t16-/m1/s1. The monoisotopic (exact) mass is 320 g/mol. The van der Waals surface area contributed by atoms with Crippen LogP contribution < -0.4 is 5.32 Å². The Morgan fingerprint density at radius 1 is 1.25 bits per heavy atom. The molecule has 1 aromatic heterocycles. The van der Waals surface area contributed by atoms with Crippen LogP contribution in [0.4, 0.5) is 0 Å². The first-order valence-corrected chi connectivity index (χ1v) is 7.66. The summed E-state index contributed by atoms with van der Waals surface area (Å²) in [6, 6.07) is 12.0. The summed E-state index contributed by atoms with van der Waals surface area (Å²) in [6.45, 7) is 1.08. The van der Waals surface area contributed by atoms with Crippen LogP contribution in [0, 0.1) is 11.3 Å². The van der Waals surface area contributed by atoms with E-state index in [1.165, 1.54) is 0 Å². The predicted molar refractivity (Wildman–Crippen MR) is 86.7 cm³/mol. The second kappa shape index (κ2) is 6.92. The Labute approximate surface area is 139 Å². The zero-order valence-electron chi connectivity index (χ0n) is 13.0. The van der Waals surface area contributed by atoms with Gasteiger partial charge in [-0.05, 0) is 36.2 Å². The molecule has 0 spiro atoms. The molecule has 2 aromatic rings. The molecule has 1 aliphatic heterocycles. The van der Waals surface area contributed by atoms with Gasteiger partial charge in [-0.25, -0.2) is 0 Å². The van der Waals surface area contributed by atoms with Crippen molar-refractivity contribution in [2.24, 2.45) is 0 Å². The first-order chi connectivity index (χ1) is 11.7. The van der Waals surface area contributed by atoms with Crippen LogP contribution in [0.3, 0.4) is 0 Å². The summed E-state index contributed by atoms with van der Waals surface area (Å²) in [5.41, 5.74) is 2.04. The van der Waals surface area contributed by atoms with Crippen LogP contribution in [0.2, 0.25) is 0 Å². The van der Waals surface area contributed by atoms with Crippen LogP contribution >= 0.6 is 0 Å². The van der Waals surface area contributed by atoms with E-state index >= 15 is 0 Å². The number of nitriles is 1. The van der Waals surface area contributed by atoms with Crippen LogP contribution in [0.1, 0.15) is 27.9 Å². The number of hydrogen-bond donors (Lipinski definition) is 1. The number of nitrogens with zero attached hydrogens (tertiary/aromatic N) is 3. The average molecular weight is 320 g/mol. The molecule has 1 saturated heterocycles. The Hall–Kier alpha value is -3.20. The summed E-state index contributed by atoms with van der Waals surface area (Å²) >= 11 is 0. The minimum Gasteiger partial charge on any atom is -0.340 e. The smallest absolute Gasteiger partial charge is 0.252 e. The van der Waals surface area contributed by atoms with Gasteiger partial charge in [-0.1, -0.05) is 12.1 Å². The van der Waals surface area contributed by atoms with E-state index in [1.54, 1.807) is 41.6 Å². The van der Waals surface area contributed by atoms with Crippen molar-refractivity contribution in [1.82, 2.24) is 15.2 Å². The van der Waals surface area contributed by atoms with Crippen molar-refractivity contribution < 1.29 is 9.59 Å². The Balaban J connectivity index is 1.60. The van der Waals surface area contributed by atoms with E-state index in [1.807, 2.05) is 12.1 Å². The van der Waals surface area contributed by atoms with E-state index in [0.29, 0.717) is 30.6 Å². The van der Waals surface area contributed by atoms with E-state index in [4.69, 9.17) is 5.26 Å². The third kappa shape index (κ3) is 3.41. The summed E-state index contributed by atoms with van der Waals surface area (Å²) in [6.07, 6.45) is 3.68. The molecule has 0 bridgehead atoms. The van der Waals surface area contributed by atoms with Crippen molar-refractivity contribution in [2.45, 2.75) is 19.0 Å². The number of likely N-dealkylation sites (tertiary alicyclic amines) is 1. The zero-order chi connectivity index (χ0) is 16.9. The third-order valence-electron chi connectivity index (χ3n) is 4.00. The number of rotatable bonds is 4. The highest BCUT2D eigenvalue weighted by atomic mass is 16.2. The number of hydrogen-bond acceptors (Lipinski definition) is 4. The van der Waals surface area contributed by atoms with Crippen LogP contribution in [0.5, 0.6) is 0 Å². The van der Waals surface area contributed by atoms with Crippen molar-refractivity contribution in [3.05, 3.63) is 65.5 Å². The van der Waals surface area contributed by atoms with Gasteiger partial charge in [0.2, 0.25) is 5.91 Å². The van der Waals surface area contributed by atoms with Crippen LogP contribution in [-0.2, 0) is 11.3 Å². The molecule has 3 rings (SSSR count). The second-order valence-electron chi connectivity index (χ2n) is 5.62. The quantitative estimate of drug-likeness (QED) is 0.924. The zero-order valence-corrected chi connectivity index (χ0v) is 13.0. The first-order valence-electron chi connectivity index (χ1n) is 7.66. The minimum atomic E-state index is -0.496. The molecule has 1 aliphatic rings. The lowest BCUT2D eigenvalue weighted by Crippen LogP contribution is -2.41. The SMILES string of the molecule is N#Cc1ccc(CN2CC[C@@H](NC(=O)c3ccncc3)C2=O)cc1. The molecule has 2 heterocycles. The number of amides is 2. The van der Waals surface area contributed by atoms with E-state index in [9.17, 15) is 9.59 Å². The number of carbonyl (C=O) groups is 2. The maximum absolute atomic E-state index is 12.4. The van der Waals surface area contributed by atoms with E-state index < -0.39 is 6.04 Å². The Morgan fingerprint density at radius 2 is 1.96 bits per heavy atom. The first kappa shape index (κ1) is 15.7. The summed E-state index contributed by atoms with van der Waals surface area (Å²) in [5, 5.41) is 11.6. The van der Waals surface area contributed by atoms with Gasteiger partial charge in [0.15, 0.2) is 0 Å². The fourth-order valence-corrected chi connectivity index (χ4v) is 2.68. The van der Waals surface area contributed by atoms with Gasteiger partial charge in [-0.2, -0.15) is 5.26 Å². The van der Waals surface area contributed by atoms with E-state index in [2.05, 4.69) is 16.4 Å². The molecule has 6 heteroatoms. The predicted octanol–water partition coefficient (Wildman–Crippen LogP) is 1.48. The van der Waals surface area contributed by atoms with Gasteiger partial charge < -0.3 is 10.2 Å². The summed E-state index contributed by atoms with van der Waals surface area (Å²) in [7, 11) is 0. The Morgan fingerprint density at radius 3 is 2.62 bits per heavy atom. The van der Waals surface area contributed by atoms with Gasteiger partial charge in [0.1, 0.15) is 6.04 Å². The van der Waals surface area contributed by atoms with Crippen molar-refractivity contribution in [2.75, 3.05) is 6.54 Å². The van der Waals surface area contributed by atoms with Gasteiger partial charge in [-0.15, -0.1) is 0 Å². The molecule has 0 radical (unpaired) electrons. The normalized spacial score (nSPS) is 16.7. The van der Waals surface area contributed by atoms with Gasteiger partial charge in [0.05, 0.1) is 11.6 Å². The summed E-state index contributed by atoms with van der Waals surface area (Å²) < 4.78 is 0. The molecule has 2 amide bonds. The number of pyridine rings is 1. The maximum atomic E-state index is 12.4. The lowest BCUT2D eigenvalue weighted by Gasteiger charge is -2.17. The van der Waals surface area contributed by atoms with Crippen molar-refractivity contribution in [1.29, 1.82) is 5.26 Å². The van der Waals surface area contributed by atoms with E-state index in [0.717, 1.165) is 5.56 Å². The summed E-state index contributed by atoms with van der Waals surface area (Å²) in [4.78, 5) is 30.2. The Kier molecular flexibility index (Phi) is 4.52. The average Bonchev–Trinajstić information content (AvgIpc) is 2.96. The molecule has 1 fully saturated rings. The maximum Gasteiger partial charge on any atom is 0.252 e. The molecule has 1 N–H and O–H groups in total. The summed E-state index contributed by atoms with van der Waals surface area (Å²) in [5.74, 6) is -0.349. The molecule has 6 nitrogen and oxygen atoms in total. The molecule has 0 aliphatic carbocycles. The van der Waals surface area contributed by atoms with Crippen molar-refractivity contribution in [3.8, 4) is 6.07 Å². The molecular formula is C18H16N4O2. The highest BCUT2D eigenvalue weighted by Gasteiger charge is 2.32. The fraction of sp³-hybridized carbons (Fsp3) is 0.222. The minimum absolute atomic E-state index is 0.0817. The van der Waals surface area contributed by atoms with Gasteiger partial charge >= 0.3 is 0 Å². The number of benzene rings is 1. The van der Waals surface area contributed by atoms with E-state index in [-0.39, 0.29) is 11.8 Å². The molecule has 0 saturated carbocycles. The number of aromatic nitrogens is 1. The number of nitrogens with one attached hydrogen (secondary N) is 1. The number of carbonyl (C=O) groups excluding carboxylic acids is 2. The van der Waals surface area contributed by atoms with Crippen molar-refractivity contribution in [3.63, 3.8) is 0 Å². The van der Waals surface area contributed by atoms with Crippen LogP contribution in [0.25, 0.3) is 0 Å². The van der Waals surface area contributed by atoms with Gasteiger partial charge in [0.25, 0.3) is 5.91 Å². The molecule has 1 atom stereocenters. The van der Waals surface area contributed by atoms with Gasteiger partial charge in [0, 0.05) is 31.0 Å². The topological polar surface area (TPSA) is 86.1 Å². The molecule has 1 aromatic carbocycles. The van der Waals surface area contributed by atoms with Crippen LogP contribution in [0.15, 0.2) is 48.8 Å². The fourth-order valence-electron chi connectivity index (χ4n) is 2.68. The lowest BCUT2D eigenvalue weighted by atomic mass is 10.1. The highest BCUT2D eigenvalue weighted by Crippen LogP contribution is 2.16. The highest BCUT2D eigenvalue weighted by molar-refractivity contribution is 5.97. The Bertz CT molecular complexity index is 781. The molecule has 0 unspecified atom stereocenters. The molecule has 120 valence electrons. The molecule has 24 heavy (non-hydrogen) atoms. The van der Waals surface area contributed by atoms with Crippen LogP contribution in [-0.4, -0.2) is 34.3 Å². The molecular weight excluding hydrogens is 304 g/mol.